The van der Waals surface area contributed by atoms with Gasteiger partial charge in [-0.3, -0.25) is 4.79 Å². The molecule has 3 saturated heterocycles. The van der Waals surface area contributed by atoms with Gasteiger partial charge in [-0.25, -0.2) is 0 Å². The van der Waals surface area contributed by atoms with Crippen molar-refractivity contribution in [2.45, 2.75) is 240 Å². The lowest BCUT2D eigenvalue weighted by atomic mass is 9.96. The van der Waals surface area contributed by atoms with Crippen LogP contribution in [0, 0.1) is 0 Å². The van der Waals surface area contributed by atoms with Gasteiger partial charge in [0.15, 0.2) is 18.9 Å². The third kappa shape index (κ3) is 19.2. The summed E-state index contributed by atoms with van der Waals surface area (Å²) < 4.78 is 34.0. The van der Waals surface area contributed by atoms with Gasteiger partial charge in [0.1, 0.15) is 73.2 Å². The van der Waals surface area contributed by atoms with E-state index in [0.717, 1.165) is 38.5 Å². The quantitative estimate of drug-likeness (QED) is 0.0321. The molecule has 3 heterocycles. The minimum Gasteiger partial charge on any atom is -0.394 e. The van der Waals surface area contributed by atoms with Crippen LogP contribution in [0.4, 0.5) is 0 Å². The number of aliphatic hydroxyl groups excluding tert-OH is 11. The maximum atomic E-state index is 13.1. The summed E-state index contributed by atoms with van der Waals surface area (Å²) in [5.74, 6) is -0.293. The number of allylic oxidation sites excluding steroid dienone is 3. The maximum Gasteiger partial charge on any atom is 0.220 e. The molecule has 0 radical (unpaired) electrons. The van der Waals surface area contributed by atoms with Crippen LogP contribution in [0.15, 0.2) is 24.3 Å². The van der Waals surface area contributed by atoms with Gasteiger partial charge in [0.25, 0.3) is 0 Å². The molecular formula is C47H85NO18. The summed E-state index contributed by atoms with van der Waals surface area (Å²) in [7, 11) is 0. The second kappa shape index (κ2) is 33.0. The standard InChI is InChI=1S/C47H85NO18/c1-3-5-7-9-11-13-14-15-17-18-20-22-24-31(52)30(48-35(53)25-23-21-19-16-12-10-8-6-4-2)29-61-45-41(59)38(56)43(33(27-50)63-45)66-47-42(60)39(57)44(34(28-51)64-47)65-46-40(58)37(55)36(54)32(26-49)62-46/h15,17,22,24,30-34,36-47,49-52,54-60H,3-14,16,18-21,23,25-29H2,1-2H3,(H,48,53)/b17-15+,24-22+. The minimum absolute atomic E-state index is 0.237. The Hall–Kier alpha value is -1.73. The Balaban J connectivity index is 1.60. The van der Waals surface area contributed by atoms with Crippen molar-refractivity contribution in [1.82, 2.24) is 5.32 Å². The predicted molar refractivity (Wildman–Crippen MR) is 240 cm³/mol. The van der Waals surface area contributed by atoms with E-state index in [0.29, 0.717) is 12.8 Å². The number of unbranched alkanes of at least 4 members (excludes halogenated alkanes) is 15. The number of nitrogens with one attached hydrogen (secondary N) is 1. The van der Waals surface area contributed by atoms with E-state index < -0.39 is 124 Å². The van der Waals surface area contributed by atoms with Crippen molar-refractivity contribution in [3.8, 4) is 0 Å². The van der Waals surface area contributed by atoms with E-state index in [1.807, 2.05) is 6.08 Å². The monoisotopic (exact) mass is 952 g/mol. The third-order valence-corrected chi connectivity index (χ3v) is 12.5. The highest BCUT2D eigenvalue weighted by Gasteiger charge is 2.53. The van der Waals surface area contributed by atoms with Gasteiger partial charge >= 0.3 is 0 Å². The fourth-order valence-corrected chi connectivity index (χ4v) is 8.32. The molecule has 19 heteroatoms. The zero-order valence-corrected chi connectivity index (χ0v) is 39.2. The number of carbonyl (C=O) groups is 1. The summed E-state index contributed by atoms with van der Waals surface area (Å²) in [6.45, 7) is 1.60. The highest BCUT2D eigenvalue weighted by atomic mass is 16.8. The van der Waals surface area contributed by atoms with Crippen LogP contribution in [0.1, 0.15) is 136 Å². The summed E-state index contributed by atoms with van der Waals surface area (Å²) in [5.41, 5.74) is 0. The Morgan fingerprint density at radius 2 is 0.970 bits per heavy atom. The fourth-order valence-electron chi connectivity index (χ4n) is 8.32. The molecule has 0 aliphatic carbocycles. The summed E-state index contributed by atoms with van der Waals surface area (Å²) in [6, 6.07) is -0.981. The highest BCUT2D eigenvalue weighted by Crippen LogP contribution is 2.33. The molecule has 17 atom stereocenters. The molecule has 3 aliphatic rings. The molecule has 3 rings (SSSR count). The maximum absolute atomic E-state index is 13.1. The van der Waals surface area contributed by atoms with Crippen molar-refractivity contribution in [3.05, 3.63) is 24.3 Å². The van der Waals surface area contributed by atoms with E-state index in [1.165, 1.54) is 64.2 Å². The van der Waals surface area contributed by atoms with Crippen LogP contribution in [0.25, 0.3) is 0 Å². The first-order valence-electron chi connectivity index (χ1n) is 24.6. The molecule has 0 aromatic carbocycles. The highest BCUT2D eigenvalue weighted by molar-refractivity contribution is 5.76. The van der Waals surface area contributed by atoms with Gasteiger partial charge in [0.05, 0.1) is 38.6 Å². The van der Waals surface area contributed by atoms with Crippen LogP contribution in [-0.4, -0.2) is 193 Å². The number of ether oxygens (including phenoxy) is 6. The Morgan fingerprint density at radius 1 is 0.530 bits per heavy atom. The van der Waals surface area contributed by atoms with Crippen molar-refractivity contribution in [1.29, 1.82) is 0 Å². The van der Waals surface area contributed by atoms with Gasteiger partial charge in [-0.05, 0) is 32.1 Å². The molecule has 3 fully saturated rings. The Morgan fingerprint density at radius 3 is 1.52 bits per heavy atom. The van der Waals surface area contributed by atoms with Crippen LogP contribution in [0.5, 0.6) is 0 Å². The first kappa shape index (κ1) is 58.6. The van der Waals surface area contributed by atoms with Crippen LogP contribution < -0.4 is 5.32 Å². The lowest BCUT2D eigenvalue weighted by Crippen LogP contribution is -2.66. The van der Waals surface area contributed by atoms with E-state index >= 15 is 0 Å². The Bertz CT molecular complexity index is 1330. The average Bonchev–Trinajstić information content (AvgIpc) is 3.31. The van der Waals surface area contributed by atoms with E-state index in [9.17, 15) is 61.0 Å². The molecule has 19 nitrogen and oxygen atoms in total. The number of carbonyl (C=O) groups excluding carboxylic acids is 1. The third-order valence-electron chi connectivity index (χ3n) is 12.5. The van der Waals surface area contributed by atoms with Crippen molar-refractivity contribution in [2.75, 3.05) is 26.4 Å². The number of aliphatic hydroxyl groups is 11. The molecule has 3 aliphatic heterocycles. The molecular weight excluding hydrogens is 867 g/mol. The van der Waals surface area contributed by atoms with Gasteiger partial charge in [-0.2, -0.15) is 0 Å². The van der Waals surface area contributed by atoms with Crippen LogP contribution >= 0.6 is 0 Å². The zero-order valence-electron chi connectivity index (χ0n) is 39.2. The molecule has 0 aromatic heterocycles. The van der Waals surface area contributed by atoms with Gasteiger partial charge in [0.2, 0.25) is 5.91 Å². The number of amides is 1. The predicted octanol–water partition coefficient (Wildman–Crippen LogP) is 0.861. The molecule has 0 aromatic rings. The SMILES string of the molecule is CCCCCCCC/C=C/CC/C=C/C(O)C(COC1OC(CO)C(OC2OC(CO)C(OC3OC(CO)C(O)C(O)C3O)C(O)C2O)C(O)C1O)NC(=O)CCCCCCCCCCC. The largest absolute Gasteiger partial charge is 0.394 e. The Kier molecular flexibility index (Phi) is 29.3. The number of hydrogen-bond acceptors (Lipinski definition) is 18. The Labute approximate surface area is 390 Å². The van der Waals surface area contributed by atoms with Crippen LogP contribution in [0.2, 0.25) is 0 Å². The van der Waals surface area contributed by atoms with Crippen molar-refractivity contribution in [2.24, 2.45) is 0 Å². The van der Waals surface area contributed by atoms with E-state index in [4.69, 9.17) is 28.4 Å². The van der Waals surface area contributed by atoms with Crippen LogP contribution in [-0.2, 0) is 33.2 Å². The van der Waals surface area contributed by atoms with Gasteiger partial charge in [-0.1, -0.05) is 122 Å². The van der Waals surface area contributed by atoms with Crippen LogP contribution in [0.3, 0.4) is 0 Å². The smallest absolute Gasteiger partial charge is 0.220 e. The first-order chi connectivity index (χ1) is 31.8. The van der Waals surface area contributed by atoms with Gasteiger partial charge < -0.3 is 89.9 Å². The van der Waals surface area contributed by atoms with E-state index in [2.05, 4.69) is 31.3 Å². The minimum atomic E-state index is -1.98. The van der Waals surface area contributed by atoms with Gasteiger partial charge in [0, 0.05) is 6.42 Å². The average molecular weight is 952 g/mol. The molecule has 66 heavy (non-hydrogen) atoms. The molecule has 0 saturated carbocycles. The number of rotatable bonds is 33. The zero-order chi connectivity index (χ0) is 48.4. The van der Waals surface area contributed by atoms with Crippen molar-refractivity contribution < 1.29 is 89.4 Å². The molecule has 1 amide bonds. The second-order valence-corrected chi connectivity index (χ2v) is 17.9. The first-order valence-corrected chi connectivity index (χ1v) is 24.6. The van der Waals surface area contributed by atoms with Gasteiger partial charge in [-0.15, -0.1) is 0 Å². The summed E-state index contributed by atoms with van der Waals surface area (Å²) in [5, 5.41) is 119. The lowest BCUT2D eigenvalue weighted by Gasteiger charge is -2.48. The summed E-state index contributed by atoms with van der Waals surface area (Å²) in [4.78, 5) is 13.1. The normalized spacial score (nSPS) is 34.0. The molecule has 17 unspecified atom stereocenters. The molecule has 386 valence electrons. The summed E-state index contributed by atoms with van der Waals surface area (Å²) >= 11 is 0. The van der Waals surface area contributed by atoms with Crippen molar-refractivity contribution >= 4 is 5.91 Å². The second-order valence-electron chi connectivity index (χ2n) is 17.9. The molecule has 12 N–H and O–H groups in total. The molecule has 0 bridgehead atoms. The summed E-state index contributed by atoms with van der Waals surface area (Å²) in [6.07, 6.45) is 0.674. The fraction of sp³-hybridized carbons (Fsp3) is 0.894. The van der Waals surface area contributed by atoms with E-state index in [1.54, 1.807) is 6.08 Å². The number of hydrogen-bond donors (Lipinski definition) is 12. The lowest BCUT2D eigenvalue weighted by molar-refractivity contribution is -0.379. The van der Waals surface area contributed by atoms with Crippen molar-refractivity contribution in [3.63, 3.8) is 0 Å². The van der Waals surface area contributed by atoms with E-state index in [-0.39, 0.29) is 18.9 Å². The topological polar surface area (TPSA) is 307 Å². The molecule has 0 spiro atoms.